The van der Waals surface area contributed by atoms with Gasteiger partial charge in [0.05, 0.1) is 26.3 Å². The van der Waals surface area contributed by atoms with Crippen molar-refractivity contribution in [2.45, 2.75) is 0 Å². The molecular weight excluding hydrogens is 366 g/mol. The van der Waals surface area contributed by atoms with Gasteiger partial charge >= 0.3 is 6.03 Å². The van der Waals surface area contributed by atoms with E-state index in [1.165, 1.54) is 4.90 Å². The van der Waals surface area contributed by atoms with Gasteiger partial charge in [0.1, 0.15) is 0 Å². The molecule has 0 aromatic carbocycles. The lowest BCUT2D eigenvalue weighted by Gasteiger charge is -2.37. The number of hydrogen-bond acceptors (Lipinski definition) is 6. The van der Waals surface area contributed by atoms with Gasteiger partial charge in [-0.2, -0.15) is 0 Å². The number of carbonyl (C=O) groups is 3. The first kappa shape index (κ1) is 20.3. The van der Waals surface area contributed by atoms with Crippen LogP contribution in [0.5, 0.6) is 0 Å². The third-order valence-electron chi connectivity index (χ3n) is 5.16. The standard InChI is InChI=1S/C17H29N7O4/c1-18-16(19-2-3-24-14(25)12-20-17(24)27)23-6-4-21(5-7-23)13-15(26)22-8-10-28-11-9-22/h2-13H2,1H3,(H,18,19)(H,20,27). The second-order valence-corrected chi connectivity index (χ2v) is 6.93. The zero-order valence-electron chi connectivity index (χ0n) is 16.4. The van der Waals surface area contributed by atoms with Crippen LogP contribution in [-0.2, 0) is 14.3 Å². The SMILES string of the molecule is CN=C(NCCN1C(=O)CNC1=O)N1CCN(CC(=O)N2CCOCC2)CC1. The highest BCUT2D eigenvalue weighted by Crippen LogP contribution is 2.05. The lowest BCUT2D eigenvalue weighted by atomic mass is 10.3. The molecule has 0 aromatic rings. The Labute approximate surface area is 164 Å². The number of amides is 4. The van der Waals surface area contributed by atoms with Gasteiger partial charge in [0, 0.05) is 59.4 Å². The van der Waals surface area contributed by atoms with Crippen molar-refractivity contribution < 1.29 is 19.1 Å². The second-order valence-electron chi connectivity index (χ2n) is 6.93. The molecule has 3 aliphatic rings. The number of guanidine groups is 1. The number of piperazine rings is 1. The van der Waals surface area contributed by atoms with E-state index in [0.29, 0.717) is 45.9 Å². The average molecular weight is 395 g/mol. The van der Waals surface area contributed by atoms with E-state index in [4.69, 9.17) is 4.74 Å². The van der Waals surface area contributed by atoms with Crippen LogP contribution in [0.1, 0.15) is 0 Å². The molecule has 11 heteroatoms. The number of hydrogen-bond donors (Lipinski definition) is 2. The number of nitrogens with one attached hydrogen (secondary N) is 2. The van der Waals surface area contributed by atoms with Gasteiger partial charge < -0.3 is 25.2 Å². The van der Waals surface area contributed by atoms with Gasteiger partial charge in [-0.1, -0.05) is 0 Å². The van der Waals surface area contributed by atoms with Crippen molar-refractivity contribution in [2.75, 3.05) is 85.7 Å². The van der Waals surface area contributed by atoms with Gasteiger partial charge in [0.15, 0.2) is 5.96 Å². The van der Waals surface area contributed by atoms with Crippen LogP contribution < -0.4 is 10.6 Å². The number of carbonyl (C=O) groups excluding carboxylic acids is 3. The fourth-order valence-corrected chi connectivity index (χ4v) is 3.52. The summed E-state index contributed by atoms with van der Waals surface area (Å²) in [6, 6.07) is -0.347. The molecule has 0 saturated carbocycles. The molecule has 0 atom stereocenters. The summed E-state index contributed by atoms with van der Waals surface area (Å²) >= 11 is 0. The average Bonchev–Trinajstić information content (AvgIpc) is 3.04. The summed E-state index contributed by atoms with van der Waals surface area (Å²) in [5.74, 6) is 0.694. The highest BCUT2D eigenvalue weighted by Gasteiger charge is 2.28. The highest BCUT2D eigenvalue weighted by atomic mass is 16.5. The van der Waals surface area contributed by atoms with Gasteiger partial charge in [-0.25, -0.2) is 4.79 Å². The van der Waals surface area contributed by atoms with E-state index >= 15 is 0 Å². The fraction of sp³-hybridized carbons (Fsp3) is 0.765. The van der Waals surface area contributed by atoms with Crippen molar-refractivity contribution in [2.24, 2.45) is 4.99 Å². The second kappa shape index (κ2) is 9.69. The molecule has 3 rings (SSSR count). The molecule has 3 aliphatic heterocycles. The Kier molecular flexibility index (Phi) is 7.04. The number of ether oxygens (including phenoxy) is 1. The molecule has 3 fully saturated rings. The number of nitrogens with zero attached hydrogens (tertiary/aromatic N) is 5. The molecule has 0 bridgehead atoms. The molecule has 28 heavy (non-hydrogen) atoms. The normalized spacial score (nSPS) is 21.9. The van der Waals surface area contributed by atoms with Crippen LogP contribution in [0.2, 0.25) is 0 Å². The summed E-state index contributed by atoms with van der Waals surface area (Å²) in [5, 5.41) is 5.71. The van der Waals surface area contributed by atoms with E-state index in [1.54, 1.807) is 7.05 Å². The Morgan fingerprint density at radius 1 is 1.11 bits per heavy atom. The van der Waals surface area contributed by atoms with E-state index in [0.717, 1.165) is 32.1 Å². The van der Waals surface area contributed by atoms with E-state index < -0.39 is 0 Å². The maximum Gasteiger partial charge on any atom is 0.324 e. The maximum absolute atomic E-state index is 12.4. The first-order valence-corrected chi connectivity index (χ1v) is 9.70. The molecule has 0 unspecified atom stereocenters. The topological polar surface area (TPSA) is 110 Å². The number of rotatable bonds is 5. The lowest BCUT2D eigenvalue weighted by molar-refractivity contribution is -0.136. The highest BCUT2D eigenvalue weighted by molar-refractivity contribution is 6.01. The maximum atomic E-state index is 12.4. The first-order valence-electron chi connectivity index (χ1n) is 9.70. The molecule has 0 radical (unpaired) electrons. The van der Waals surface area contributed by atoms with Crippen LogP contribution >= 0.6 is 0 Å². The largest absolute Gasteiger partial charge is 0.378 e. The lowest BCUT2D eigenvalue weighted by Crippen LogP contribution is -2.55. The Morgan fingerprint density at radius 3 is 2.43 bits per heavy atom. The number of morpholine rings is 1. The summed E-state index contributed by atoms with van der Waals surface area (Å²) in [6.07, 6.45) is 0. The molecule has 4 amide bonds. The van der Waals surface area contributed by atoms with E-state index in [-0.39, 0.29) is 24.4 Å². The van der Waals surface area contributed by atoms with Crippen LogP contribution in [-0.4, -0.2) is 129 Å². The molecule has 11 nitrogen and oxygen atoms in total. The molecular formula is C17H29N7O4. The van der Waals surface area contributed by atoms with E-state index in [9.17, 15) is 14.4 Å². The zero-order chi connectivity index (χ0) is 19.9. The molecule has 0 spiro atoms. The molecule has 156 valence electrons. The van der Waals surface area contributed by atoms with Gasteiger partial charge in [0.25, 0.3) is 0 Å². The summed E-state index contributed by atoms with van der Waals surface area (Å²) in [5.41, 5.74) is 0. The fourth-order valence-electron chi connectivity index (χ4n) is 3.52. The zero-order valence-corrected chi connectivity index (χ0v) is 16.4. The summed E-state index contributed by atoms with van der Waals surface area (Å²) in [4.78, 5) is 47.2. The van der Waals surface area contributed by atoms with Crippen molar-refractivity contribution in [3.05, 3.63) is 0 Å². The molecule has 0 aliphatic carbocycles. The summed E-state index contributed by atoms with van der Waals surface area (Å²) < 4.78 is 5.29. The van der Waals surface area contributed by atoms with Gasteiger partial charge in [-0.05, 0) is 0 Å². The minimum atomic E-state index is -0.347. The van der Waals surface area contributed by atoms with Gasteiger partial charge in [-0.3, -0.25) is 24.4 Å². The van der Waals surface area contributed by atoms with Gasteiger partial charge in [0.2, 0.25) is 11.8 Å². The van der Waals surface area contributed by atoms with E-state index in [2.05, 4.69) is 25.4 Å². The Bertz CT molecular complexity index is 597. The monoisotopic (exact) mass is 395 g/mol. The number of aliphatic imine (C=N–C) groups is 1. The van der Waals surface area contributed by atoms with Crippen LogP contribution in [0.15, 0.2) is 4.99 Å². The molecule has 2 N–H and O–H groups in total. The molecule has 3 saturated heterocycles. The third kappa shape index (κ3) is 5.10. The smallest absolute Gasteiger partial charge is 0.324 e. The van der Waals surface area contributed by atoms with Crippen molar-refractivity contribution >= 4 is 23.8 Å². The van der Waals surface area contributed by atoms with Crippen LogP contribution in [0, 0.1) is 0 Å². The molecule has 0 aromatic heterocycles. The van der Waals surface area contributed by atoms with Crippen molar-refractivity contribution in [3.63, 3.8) is 0 Å². The predicted molar refractivity (Wildman–Crippen MR) is 102 cm³/mol. The number of imide groups is 1. The quantitative estimate of drug-likeness (QED) is 0.303. The minimum absolute atomic E-state index is 0.0681. The van der Waals surface area contributed by atoms with Gasteiger partial charge in [-0.15, -0.1) is 0 Å². The van der Waals surface area contributed by atoms with Crippen molar-refractivity contribution in [3.8, 4) is 0 Å². The Morgan fingerprint density at radius 2 is 1.82 bits per heavy atom. The van der Waals surface area contributed by atoms with Crippen molar-refractivity contribution in [1.29, 1.82) is 0 Å². The van der Waals surface area contributed by atoms with E-state index in [1.807, 2.05) is 4.90 Å². The van der Waals surface area contributed by atoms with Crippen molar-refractivity contribution in [1.82, 2.24) is 30.2 Å². The van der Waals surface area contributed by atoms with Crippen LogP contribution in [0.3, 0.4) is 0 Å². The number of urea groups is 1. The summed E-state index contributed by atoms with van der Waals surface area (Å²) in [6.45, 7) is 6.92. The van der Waals surface area contributed by atoms with Crippen LogP contribution in [0.4, 0.5) is 4.79 Å². The predicted octanol–water partition coefficient (Wildman–Crippen LogP) is -2.41. The first-order chi connectivity index (χ1) is 13.6. The molecule has 3 heterocycles. The Hall–Kier alpha value is -2.40. The summed E-state index contributed by atoms with van der Waals surface area (Å²) in [7, 11) is 1.71. The van der Waals surface area contributed by atoms with Crippen LogP contribution in [0.25, 0.3) is 0 Å². The minimum Gasteiger partial charge on any atom is -0.378 e. The third-order valence-corrected chi connectivity index (χ3v) is 5.16. The Balaban J connectivity index is 1.38.